The third-order valence-electron chi connectivity index (χ3n) is 5.07. The van der Waals surface area contributed by atoms with Gasteiger partial charge in [-0.3, -0.25) is 4.79 Å². The molecule has 9 heteroatoms. The molecule has 3 aromatic rings. The van der Waals surface area contributed by atoms with Gasteiger partial charge in [0.25, 0.3) is 5.91 Å². The van der Waals surface area contributed by atoms with Crippen LogP contribution in [0.5, 0.6) is 5.75 Å². The second-order valence-electron chi connectivity index (χ2n) is 7.39. The summed E-state index contributed by atoms with van der Waals surface area (Å²) in [6.07, 6.45) is 1.44. The van der Waals surface area contributed by atoms with Gasteiger partial charge in [-0.15, -0.1) is 11.3 Å². The van der Waals surface area contributed by atoms with Crippen molar-refractivity contribution in [2.75, 3.05) is 11.9 Å². The molecule has 1 N–H and O–H groups in total. The molecule has 0 aliphatic heterocycles. The van der Waals surface area contributed by atoms with Crippen LogP contribution in [0.1, 0.15) is 38.8 Å². The van der Waals surface area contributed by atoms with Crippen LogP contribution in [0, 0.1) is 25.2 Å². The fraction of sp³-hybridized carbons (Fsp3) is 0.192. The molecule has 2 aromatic carbocycles. The van der Waals surface area contributed by atoms with E-state index in [1.54, 1.807) is 56.3 Å². The molecule has 180 valence electrons. The number of nitrogens with one attached hydrogen (secondary N) is 1. The number of hydrogen-bond acceptors (Lipinski definition) is 6. The summed E-state index contributed by atoms with van der Waals surface area (Å²) in [5.41, 5.74) is 2.15. The Morgan fingerprint density at radius 2 is 1.91 bits per heavy atom. The molecule has 0 radical (unpaired) electrons. The largest absolute Gasteiger partial charge is 0.488 e. The van der Waals surface area contributed by atoms with Crippen LogP contribution < -0.4 is 10.1 Å². The molecule has 1 aromatic heterocycles. The Hall–Kier alpha value is -3.31. The number of nitriles is 1. The molecule has 0 bridgehead atoms. The molecule has 0 saturated heterocycles. The van der Waals surface area contributed by atoms with E-state index in [9.17, 15) is 14.9 Å². The number of anilines is 1. The molecular formula is C26H22Cl2N2O4S. The van der Waals surface area contributed by atoms with Gasteiger partial charge < -0.3 is 14.8 Å². The lowest BCUT2D eigenvalue weighted by Crippen LogP contribution is -2.16. The van der Waals surface area contributed by atoms with Crippen LogP contribution in [0.2, 0.25) is 10.0 Å². The highest BCUT2D eigenvalue weighted by Crippen LogP contribution is 2.33. The van der Waals surface area contributed by atoms with Gasteiger partial charge >= 0.3 is 5.97 Å². The molecule has 6 nitrogen and oxygen atoms in total. The topological polar surface area (TPSA) is 88.4 Å². The van der Waals surface area contributed by atoms with Gasteiger partial charge in [0, 0.05) is 26.0 Å². The van der Waals surface area contributed by atoms with Crippen molar-refractivity contribution in [1.82, 2.24) is 0 Å². The Kier molecular flexibility index (Phi) is 8.94. The van der Waals surface area contributed by atoms with E-state index in [2.05, 4.69) is 5.32 Å². The number of benzene rings is 2. The highest BCUT2D eigenvalue weighted by Gasteiger charge is 2.23. The SMILES string of the molecule is CCOC(=O)c1c(NC(=O)/C(C#N)=C/c2ccccc2OCc2ccc(Cl)cc2Cl)sc(C)c1C. The molecule has 3 rings (SSSR count). The number of aryl methyl sites for hydroxylation is 1. The van der Waals surface area contributed by atoms with Gasteiger partial charge in [-0.05, 0) is 50.6 Å². The first kappa shape index (κ1) is 26.3. The minimum absolute atomic E-state index is 0.149. The second-order valence-corrected chi connectivity index (χ2v) is 9.46. The summed E-state index contributed by atoms with van der Waals surface area (Å²) >= 11 is 13.4. The maximum absolute atomic E-state index is 13.0. The van der Waals surface area contributed by atoms with Gasteiger partial charge in [-0.25, -0.2) is 4.79 Å². The van der Waals surface area contributed by atoms with Gasteiger partial charge in [-0.1, -0.05) is 47.5 Å². The molecule has 0 atom stereocenters. The Bertz CT molecular complexity index is 1340. The van der Waals surface area contributed by atoms with Crippen molar-refractivity contribution < 1.29 is 19.1 Å². The second kappa shape index (κ2) is 11.9. The Morgan fingerprint density at radius 1 is 1.17 bits per heavy atom. The standard InChI is InChI=1S/C26H22Cl2N2O4S/c1-4-33-26(32)23-15(2)16(3)35-25(23)30-24(31)19(13-29)11-17-7-5-6-8-22(17)34-14-18-9-10-20(27)12-21(18)28/h5-12H,4,14H2,1-3H3,(H,30,31)/b19-11+. The van der Waals surface area contributed by atoms with E-state index in [-0.39, 0.29) is 18.8 Å². The van der Waals surface area contributed by atoms with E-state index in [0.717, 1.165) is 16.0 Å². The first-order valence-corrected chi connectivity index (χ1v) is 12.2. The molecule has 0 aliphatic carbocycles. The van der Waals surface area contributed by atoms with E-state index >= 15 is 0 Å². The van der Waals surface area contributed by atoms with Crippen molar-refractivity contribution in [3.63, 3.8) is 0 Å². The zero-order valence-corrected chi connectivity index (χ0v) is 21.6. The molecular weight excluding hydrogens is 507 g/mol. The number of carbonyl (C=O) groups excluding carboxylic acids is 2. The van der Waals surface area contributed by atoms with Crippen molar-refractivity contribution in [3.05, 3.63) is 85.2 Å². The zero-order chi connectivity index (χ0) is 25.5. The van der Waals surface area contributed by atoms with Crippen LogP contribution in [0.15, 0.2) is 48.0 Å². The Balaban J connectivity index is 1.84. The van der Waals surface area contributed by atoms with Crippen molar-refractivity contribution in [3.8, 4) is 11.8 Å². The zero-order valence-electron chi connectivity index (χ0n) is 19.3. The normalized spacial score (nSPS) is 11.0. The highest BCUT2D eigenvalue weighted by molar-refractivity contribution is 7.16. The Labute approximate surface area is 217 Å². The average Bonchev–Trinajstić information content (AvgIpc) is 3.10. The highest BCUT2D eigenvalue weighted by atomic mass is 35.5. The lowest BCUT2D eigenvalue weighted by atomic mass is 10.1. The lowest BCUT2D eigenvalue weighted by Gasteiger charge is -2.11. The number of ether oxygens (including phenoxy) is 2. The number of para-hydroxylation sites is 1. The summed E-state index contributed by atoms with van der Waals surface area (Å²) in [5.74, 6) is -0.698. The van der Waals surface area contributed by atoms with Crippen molar-refractivity contribution in [2.24, 2.45) is 0 Å². The molecule has 0 spiro atoms. The van der Waals surface area contributed by atoms with Gasteiger partial charge in [-0.2, -0.15) is 5.26 Å². The van der Waals surface area contributed by atoms with Crippen LogP contribution in [0.3, 0.4) is 0 Å². The summed E-state index contributed by atoms with van der Waals surface area (Å²) < 4.78 is 11.0. The summed E-state index contributed by atoms with van der Waals surface area (Å²) in [6.45, 7) is 5.73. The number of hydrogen-bond donors (Lipinski definition) is 1. The van der Waals surface area contributed by atoms with E-state index in [1.807, 2.05) is 13.0 Å². The van der Waals surface area contributed by atoms with E-state index in [4.69, 9.17) is 32.7 Å². The third kappa shape index (κ3) is 6.43. The summed E-state index contributed by atoms with van der Waals surface area (Å²) in [6, 6.07) is 14.1. The number of rotatable bonds is 8. The predicted octanol–water partition coefficient (Wildman–Crippen LogP) is 6.97. The van der Waals surface area contributed by atoms with Gasteiger partial charge in [0.15, 0.2) is 0 Å². The molecule has 0 aliphatic rings. The van der Waals surface area contributed by atoms with Gasteiger partial charge in [0.05, 0.1) is 12.2 Å². The minimum atomic E-state index is -0.644. The predicted molar refractivity (Wildman–Crippen MR) is 139 cm³/mol. The van der Waals surface area contributed by atoms with Crippen LogP contribution in [0.25, 0.3) is 6.08 Å². The molecule has 0 fully saturated rings. The summed E-state index contributed by atoms with van der Waals surface area (Å²) in [5, 5.41) is 13.7. The van der Waals surface area contributed by atoms with Gasteiger partial charge in [0.2, 0.25) is 0 Å². The first-order chi connectivity index (χ1) is 16.7. The molecule has 1 heterocycles. The fourth-order valence-corrected chi connectivity index (χ4v) is 4.67. The lowest BCUT2D eigenvalue weighted by molar-refractivity contribution is -0.112. The number of halogens is 2. The van der Waals surface area contributed by atoms with E-state index < -0.39 is 11.9 Å². The Morgan fingerprint density at radius 3 is 2.60 bits per heavy atom. The summed E-state index contributed by atoms with van der Waals surface area (Å²) in [4.78, 5) is 26.2. The average molecular weight is 529 g/mol. The smallest absolute Gasteiger partial charge is 0.341 e. The van der Waals surface area contributed by atoms with Crippen molar-refractivity contribution in [2.45, 2.75) is 27.4 Å². The van der Waals surface area contributed by atoms with E-state index in [1.165, 1.54) is 17.4 Å². The van der Waals surface area contributed by atoms with Crippen LogP contribution >= 0.6 is 34.5 Å². The van der Waals surface area contributed by atoms with Crippen LogP contribution in [-0.4, -0.2) is 18.5 Å². The quantitative estimate of drug-likeness (QED) is 0.193. The van der Waals surface area contributed by atoms with Crippen molar-refractivity contribution >= 4 is 57.5 Å². The number of carbonyl (C=O) groups is 2. The number of thiophene rings is 1. The molecule has 1 amide bonds. The molecule has 35 heavy (non-hydrogen) atoms. The van der Waals surface area contributed by atoms with Crippen LogP contribution in [-0.2, 0) is 16.1 Å². The maximum atomic E-state index is 13.0. The van der Waals surface area contributed by atoms with Gasteiger partial charge in [0.1, 0.15) is 29.0 Å². The monoisotopic (exact) mass is 528 g/mol. The fourth-order valence-electron chi connectivity index (χ4n) is 3.16. The maximum Gasteiger partial charge on any atom is 0.341 e. The first-order valence-electron chi connectivity index (χ1n) is 10.6. The third-order valence-corrected chi connectivity index (χ3v) is 6.78. The van der Waals surface area contributed by atoms with Crippen LogP contribution in [0.4, 0.5) is 5.00 Å². The number of esters is 1. The molecule has 0 unspecified atom stereocenters. The number of amides is 1. The minimum Gasteiger partial charge on any atom is -0.488 e. The molecule has 0 saturated carbocycles. The van der Waals surface area contributed by atoms with E-state index in [0.29, 0.717) is 31.9 Å². The van der Waals surface area contributed by atoms with Crippen molar-refractivity contribution in [1.29, 1.82) is 5.26 Å². The summed E-state index contributed by atoms with van der Waals surface area (Å²) in [7, 11) is 0. The number of nitrogens with zero attached hydrogens (tertiary/aromatic N) is 1.